The van der Waals surface area contributed by atoms with Crippen molar-refractivity contribution in [1.29, 1.82) is 0 Å². The number of hydrogen-bond acceptors (Lipinski definition) is 3. The number of benzene rings is 7. The van der Waals surface area contributed by atoms with Gasteiger partial charge in [0, 0.05) is 26.7 Å². The minimum atomic E-state index is 1.03. The van der Waals surface area contributed by atoms with Gasteiger partial charge in [-0.2, -0.15) is 0 Å². The molecule has 2 aromatic heterocycles. The van der Waals surface area contributed by atoms with Crippen LogP contribution in [0.4, 0.5) is 17.1 Å². The zero-order valence-electron chi connectivity index (χ0n) is 26.1. The van der Waals surface area contributed by atoms with Crippen LogP contribution < -0.4 is 4.90 Å². The normalized spacial score (nSPS) is 11.3. The Balaban J connectivity index is 1.17. The number of pyridine rings is 1. The van der Waals surface area contributed by atoms with E-state index in [0.29, 0.717) is 0 Å². The Morgan fingerprint density at radius 3 is 1.73 bits per heavy atom. The van der Waals surface area contributed by atoms with Gasteiger partial charge < -0.3 is 4.90 Å². The molecule has 0 atom stereocenters. The molecule has 0 saturated carbocycles. The summed E-state index contributed by atoms with van der Waals surface area (Å²) in [4.78, 5) is 8.48. The van der Waals surface area contributed by atoms with Crippen molar-refractivity contribution in [2.24, 2.45) is 0 Å². The summed E-state index contributed by atoms with van der Waals surface area (Å²) in [6, 6.07) is 63.0. The molecule has 3 heteroatoms. The number of anilines is 3. The largest absolute Gasteiger partial charge is 0.308 e. The van der Waals surface area contributed by atoms with E-state index in [1.165, 1.54) is 59.6 Å². The Morgan fingerprint density at radius 2 is 1.00 bits per heavy atom. The lowest BCUT2D eigenvalue weighted by atomic mass is 9.99. The first-order valence-corrected chi connectivity index (χ1v) is 17.0. The summed E-state index contributed by atoms with van der Waals surface area (Å²) in [6.07, 6.45) is 2.03. The van der Waals surface area contributed by atoms with Crippen LogP contribution in [0.15, 0.2) is 182 Å². The molecule has 0 saturated heterocycles. The zero-order chi connectivity index (χ0) is 31.9. The number of fused-ring (bicyclic) bond motifs is 5. The fourth-order valence-electron chi connectivity index (χ4n) is 6.75. The molecule has 0 bridgehead atoms. The maximum atomic E-state index is 5.07. The van der Waals surface area contributed by atoms with Crippen molar-refractivity contribution >= 4 is 59.5 Å². The van der Waals surface area contributed by atoms with Gasteiger partial charge in [0.15, 0.2) is 0 Å². The van der Waals surface area contributed by atoms with Gasteiger partial charge in [0.1, 0.15) is 4.83 Å². The van der Waals surface area contributed by atoms with E-state index in [2.05, 4.69) is 181 Å². The van der Waals surface area contributed by atoms with Crippen LogP contribution in [0.5, 0.6) is 0 Å². The highest BCUT2D eigenvalue weighted by Crippen LogP contribution is 2.44. The second kappa shape index (κ2) is 12.0. The highest BCUT2D eigenvalue weighted by atomic mass is 32.1. The number of hydrogen-bond donors (Lipinski definition) is 0. The fraction of sp³-hybridized carbons (Fsp3) is 0. The van der Waals surface area contributed by atoms with E-state index in [0.717, 1.165) is 21.9 Å². The van der Waals surface area contributed by atoms with Crippen LogP contribution in [0.25, 0.3) is 64.5 Å². The van der Waals surface area contributed by atoms with Gasteiger partial charge in [0.25, 0.3) is 0 Å². The molecule has 0 N–H and O–H groups in total. The van der Waals surface area contributed by atoms with E-state index in [1.54, 1.807) is 11.3 Å². The van der Waals surface area contributed by atoms with E-state index in [9.17, 15) is 0 Å². The molecule has 0 aliphatic heterocycles. The Morgan fingerprint density at radius 1 is 0.417 bits per heavy atom. The number of thiophene rings is 1. The Labute approximate surface area is 283 Å². The molecule has 7 aromatic carbocycles. The molecule has 2 heterocycles. The molecular formula is C45H30N2S. The van der Waals surface area contributed by atoms with Gasteiger partial charge in [-0.05, 0) is 62.9 Å². The Bertz CT molecular complexity index is 2540. The predicted octanol–water partition coefficient (Wildman–Crippen LogP) is 13.1. The highest BCUT2D eigenvalue weighted by Gasteiger charge is 2.19. The summed E-state index contributed by atoms with van der Waals surface area (Å²) in [5.41, 5.74) is 10.4. The molecule has 48 heavy (non-hydrogen) atoms. The van der Waals surface area contributed by atoms with Crippen LogP contribution in [0, 0.1) is 0 Å². The summed E-state index contributed by atoms with van der Waals surface area (Å²) < 4.78 is 1.28. The third-order valence-electron chi connectivity index (χ3n) is 9.14. The number of para-hydroxylation sites is 1. The third kappa shape index (κ3) is 5.02. The maximum Gasteiger partial charge on any atom is 0.124 e. The molecule has 0 amide bonds. The molecule has 2 nitrogen and oxygen atoms in total. The quantitative estimate of drug-likeness (QED) is 0.182. The second-order valence-electron chi connectivity index (χ2n) is 12.0. The van der Waals surface area contributed by atoms with Crippen LogP contribution in [0.3, 0.4) is 0 Å². The molecule has 0 fully saturated rings. The van der Waals surface area contributed by atoms with Gasteiger partial charge in [0.05, 0.1) is 17.6 Å². The van der Waals surface area contributed by atoms with Crippen molar-refractivity contribution in [3.63, 3.8) is 0 Å². The van der Waals surface area contributed by atoms with Crippen molar-refractivity contribution in [2.75, 3.05) is 4.90 Å². The van der Waals surface area contributed by atoms with E-state index in [1.807, 2.05) is 6.20 Å². The molecule has 9 aromatic rings. The van der Waals surface area contributed by atoms with Gasteiger partial charge in [0.2, 0.25) is 0 Å². The smallest absolute Gasteiger partial charge is 0.124 e. The minimum Gasteiger partial charge on any atom is -0.308 e. The minimum absolute atomic E-state index is 1.03. The molecule has 0 spiro atoms. The first-order valence-electron chi connectivity index (χ1n) is 16.2. The average Bonchev–Trinajstić information content (AvgIpc) is 3.55. The maximum absolute atomic E-state index is 5.07. The molecule has 226 valence electrons. The summed E-state index contributed by atoms with van der Waals surface area (Å²) in [7, 11) is 0. The summed E-state index contributed by atoms with van der Waals surface area (Å²) in [5.74, 6) is 0. The van der Waals surface area contributed by atoms with Crippen LogP contribution in [0.2, 0.25) is 0 Å². The van der Waals surface area contributed by atoms with Crippen LogP contribution in [-0.2, 0) is 0 Å². The van der Waals surface area contributed by atoms with Crippen LogP contribution >= 0.6 is 11.3 Å². The third-order valence-corrected chi connectivity index (χ3v) is 10.3. The summed E-state index contributed by atoms with van der Waals surface area (Å²) in [6.45, 7) is 0. The van der Waals surface area contributed by atoms with Gasteiger partial charge in [-0.1, -0.05) is 152 Å². The lowest BCUT2D eigenvalue weighted by Gasteiger charge is -2.28. The SMILES string of the molecule is c1ccc(-c2ccc(-c3ccc(N(c4cnc5sc6c7ccccc7ccc6c5c4)c4ccccc4-c4ccccc4)cc3)cc2)cc1. The molecule has 0 unspecified atom stereocenters. The van der Waals surface area contributed by atoms with Crippen molar-refractivity contribution in [3.8, 4) is 33.4 Å². The van der Waals surface area contributed by atoms with Crippen molar-refractivity contribution in [1.82, 2.24) is 4.98 Å². The van der Waals surface area contributed by atoms with E-state index < -0.39 is 0 Å². The Hall–Kier alpha value is -6.03. The van der Waals surface area contributed by atoms with Crippen LogP contribution in [-0.4, -0.2) is 4.98 Å². The molecule has 0 aliphatic rings. The van der Waals surface area contributed by atoms with E-state index >= 15 is 0 Å². The first kappa shape index (κ1) is 28.2. The highest BCUT2D eigenvalue weighted by molar-refractivity contribution is 7.26. The van der Waals surface area contributed by atoms with Crippen molar-refractivity contribution in [3.05, 3.63) is 182 Å². The van der Waals surface area contributed by atoms with Gasteiger partial charge in [-0.15, -0.1) is 11.3 Å². The number of nitrogens with zero attached hydrogens (tertiary/aromatic N) is 2. The fourth-order valence-corrected chi connectivity index (χ4v) is 7.91. The summed E-state index contributed by atoms with van der Waals surface area (Å²) >= 11 is 1.77. The lowest BCUT2D eigenvalue weighted by Crippen LogP contribution is -2.11. The van der Waals surface area contributed by atoms with E-state index in [-0.39, 0.29) is 0 Å². The number of aromatic nitrogens is 1. The average molecular weight is 631 g/mol. The molecule has 0 aliphatic carbocycles. The van der Waals surface area contributed by atoms with Crippen molar-refractivity contribution < 1.29 is 0 Å². The standard InChI is InChI=1S/C45H30N2S/c1-3-11-31(12-4-1)32-19-21-33(22-20-32)34-23-26-37(27-24-34)47(43-18-10-9-16-39(43)35-13-5-2-6-14-35)38-29-42-41-28-25-36-15-7-8-17-40(36)44(41)48-45(42)46-30-38/h1-30H. The molecule has 0 radical (unpaired) electrons. The van der Waals surface area contributed by atoms with Crippen molar-refractivity contribution in [2.45, 2.75) is 0 Å². The van der Waals surface area contributed by atoms with Gasteiger partial charge in [-0.25, -0.2) is 4.98 Å². The zero-order valence-corrected chi connectivity index (χ0v) is 26.9. The lowest BCUT2D eigenvalue weighted by molar-refractivity contribution is 1.26. The van der Waals surface area contributed by atoms with Crippen LogP contribution in [0.1, 0.15) is 0 Å². The predicted molar refractivity (Wildman–Crippen MR) is 206 cm³/mol. The van der Waals surface area contributed by atoms with E-state index in [4.69, 9.17) is 4.98 Å². The number of rotatable bonds is 6. The first-order chi connectivity index (χ1) is 23.8. The molecular weight excluding hydrogens is 601 g/mol. The summed E-state index contributed by atoms with van der Waals surface area (Å²) in [5, 5.41) is 4.95. The van der Waals surface area contributed by atoms with Gasteiger partial charge >= 0.3 is 0 Å². The molecule has 9 rings (SSSR count). The second-order valence-corrected chi connectivity index (χ2v) is 13.0. The topological polar surface area (TPSA) is 16.1 Å². The Kier molecular flexibility index (Phi) is 7.03. The van der Waals surface area contributed by atoms with Gasteiger partial charge in [-0.3, -0.25) is 0 Å². The monoisotopic (exact) mass is 630 g/mol.